The largest absolute Gasteiger partial charge is 0.508 e. The van der Waals surface area contributed by atoms with E-state index in [1.807, 2.05) is 0 Å². The Labute approximate surface area is 251 Å². The topological polar surface area (TPSA) is 270 Å². The second-order valence-electron chi connectivity index (χ2n) is 9.40. The van der Waals surface area contributed by atoms with Crippen LogP contribution in [0.3, 0.4) is 0 Å². The fourth-order valence-corrected chi connectivity index (χ4v) is 4.27. The molecule has 15 nitrogen and oxygen atoms in total. The van der Waals surface area contributed by atoms with E-state index in [1.165, 1.54) is 0 Å². The summed E-state index contributed by atoms with van der Waals surface area (Å²) in [5.74, 6) is -10.3. The standard InChI is InChI=1S/C30H22O15/c31-11-1-16(33)26(17(34)2-11)27-18(35)5-13(6-19(27)36)43-29-22(39)9-15(10-23(29)40)45-30-24(41)7-14(8-25(30)42)44-28-20(37)3-12(32)4-21(28)38/h1-10,31-42H. The molecule has 0 saturated heterocycles. The third-order valence-electron chi connectivity index (χ3n) is 6.14. The van der Waals surface area contributed by atoms with Gasteiger partial charge in [-0.1, -0.05) is 0 Å². The predicted octanol–water partition coefficient (Wildman–Crippen LogP) is 5.20. The smallest absolute Gasteiger partial charge is 0.210 e. The van der Waals surface area contributed by atoms with Gasteiger partial charge in [0.1, 0.15) is 51.7 Å². The highest BCUT2D eigenvalue weighted by molar-refractivity contribution is 5.86. The van der Waals surface area contributed by atoms with E-state index in [0.717, 1.165) is 60.7 Å². The van der Waals surface area contributed by atoms with Crippen molar-refractivity contribution < 1.29 is 75.5 Å². The number of aromatic hydroxyl groups is 12. The Morgan fingerprint density at radius 1 is 0.267 bits per heavy atom. The molecule has 232 valence electrons. The van der Waals surface area contributed by atoms with Gasteiger partial charge in [-0.3, -0.25) is 0 Å². The molecule has 0 amide bonds. The van der Waals surface area contributed by atoms with Crippen molar-refractivity contribution in [2.24, 2.45) is 0 Å². The van der Waals surface area contributed by atoms with Gasteiger partial charge in [-0.05, 0) is 0 Å². The summed E-state index contributed by atoms with van der Waals surface area (Å²) in [6.45, 7) is 0. The number of ether oxygens (including phenoxy) is 3. The molecular formula is C30H22O15. The van der Waals surface area contributed by atoms with Crippen molar-refractivity contribution in [2.45, 2.75) is 0 Å². The third kappa shape index (κ3) is 5.76. The molecular weight excluding hydrogens is 600 g/mol. The van der Waals surface area contributed by atoms with Crippen molar-refractivity contribution in [3.05, 3.63) is 60.7 Å². The molecule has 0 spiro atoms. The van der Waals surface area contributed by atoms with Gasteiger partial charge in [0.15, 0.2) is 34.5 Å². The average molecular weight is 622 g/mol. The number of benzene rings is 5. The summed E-state index contributed by atoms with van der Waals surface area (Å²) in [4.78, 5) is 0. The fraction of sp³-hybridized carbons (Fsp3) is 0. The molecule has 5 aromatic rings. The number of hydrogen-bond donors (Lipinski definition) is 12. The first-order valence-electron chi connectivity index (χ1n) is 12.4. The lowest BCUT2D eigenvalue weighted by atomic mass is 10.0. The summed E-state index contributed by atoms with van der Waals surface area (Å²) in [6.07, 6.45) is 0. The molecule has 0 fully saturated rings. The normalized spacial score (nSPS) is 10.8. The summed E-state index contributed by atoms with van der Waals surface area (Å²) in [7, 11) is 0. The Hall–Kier alpha value is -6.90. The Morgan fingerprint density at radius 2 is 0.467 bits per heavy atom. The molecule has 0 heterocycles. The van der Waals surface area contributed by atoms with Crippen molar-refractivity contribution in [3.63, 3.8) is 0 Å². The first-order chi connectivity index (χ1) is 21.2. The summed E-state index contributed by atoms with van der Waals surface area (Å²) in [5.41, 5.74) is -0.813. The van der Waals surface area contributed by atoms with Gasteiger partial charge in [0.2, 0.25) is 17.2 Å². The Kier molecular flexibility index (Phi) is 7.28. The molecule has 12 N–H and O–H groups in total. The van der Waals surface area contributed by atoms with Crippen LogP contribution in [-0.4, -0.2) is 61.3 Å². The molecule has 0 radical (unpaired) electrons. The molecule has 0 unspecified atom stereocenters. The van der Waals surface area contributed by atoms with Crippen molar-refractivity contribution in [1.82, 2.24) is 0 Å². The van der Waals surface area contributed by atoms with Gasteiger partial charge in [0, 0.05) is 60.7 Å². The van der Waals surface area contributed by atoms with E-state index >= 15 is 0 Å². The molecule has 0 aliphatic heterocycles. The van der Waals surface area contributed by atoms with E-state index in [0.29, 0.717) is 0 Å². The average Bonchev–Trinajstić information content (AvgIpc) is 2.91. The lowest BCUT2D eigenvalue weighted by molar-refractivity contribution is 0.349. The summed E-state index contributed by atoms with van der Waals surface area (Å²) in [5, 5.41) is 122. The van der Waals surface area contributed by atoms with Crippen LogP contribution < -0.4 is 14.2 Å². The maximum absolute atomic E-state index is 10.5. The van der Waals surface area contributed by atoms with Gasteiger partial charge in [-0.25, -0.2) is 0 Å². The second-order valence-corrected chi connectivity index (χ2v) is 9.40. The SMILES string of the molecule is Oc1cc(O)c(Oc2cc(O)c(Oc3cc(O)c(Oc4cc(O)c(-c5c(O)cc(O)cc5O)c(O)c4)c(O)c3)c(O)c2)c(O)c1. The van der Waals surface area contributed by atoms with Crippen LogP contribution in [0.4, 0.5) is 0 Å². The number of phenolic OH excluding ortho intramolecular Hbond substituents is 12. The zero-order chi connectivity index (χ0) is 32.7. The Morgan fingerprint density at radius 3 is 0.756 bits per heavy atom. The van der Waals surface area contributed by atoms with Gasteiger partial charge < -0.3 is 75.5 Å². The quantitative estimate of drug-likeness (QED) is 0.111. The minimum atomic E-state index is -0.737. The molecule has 0 atom stereocenters. The van der Waals surface area contributed by atoms with Crippen LogP contribution in [0.2, 0.25) is 0 Å². The number of hydrogen-bond acceptors (Lipinski definition) is 15. The van der Waals surface area contributed by atoms with Crippen molar-refractivity contribution in [1.29, 1.82) is 0 Å². The Balaban J connectivity index is 1.38. The van der Waals surface area contributed by atoms with Crippen LogP contribution >= 0.6 is 0 Å². The lowest BCUT2D eigenvalue weighted by Gasteiger charge is -2.16. The highest BCUT2D eigenvalue weighted by atomic mass is 16.5. The van der Waals surface area contributed by atoms with Crippen LogP contribution in [0.15, 0.2) is 60.7 Å². The molecule has 45 heavy (non-hydrogen) atoms. The maximum atomic E-state index is 10.5. The first-order valence-corrected chi connectivity index (χ1v) is 12.4. The zero-order valence-electron chi connectivity index (χ0n) is 22.4. The molecule has 5 rings (SSSR count). The minimum absolute atomic E-state index is 0.267. The molecule has 0 aliphatic rings. The van der Waals surface area contributed by atoms with E-state index in [-0.39, 0.29) is 17.2 Å². The highest BCUT2D eigenvalue weighted by Gasteiger charge is 2.23. The number of rotatable bonds is 7. The van der Waals surface area contributed by atoms with Crippen LogP contribution in [0.5, 0.6) is 103 Å². The Bertz CT molecular complexity index is 1850. The lowest BCUT2D eigenvalue weighted by Crippen LogP contribution is -1.92. The van der Waals surface area contributed by atoms with Gasteiger partial charge in [0.05, 0.1) is 11.1 Å². The van der Waals surface area contributed by atoms with Crippen LogP contribution in [0, 0.1) is 0 Å². The third-order valence-corrected chi connectivity index (χ3v) is 6.14. The molecule has 0 bridgehead atoms. The van der Waals surface area contributed by atoms with Gasteiger partial charge >= 0.3 is 0 Å². The van der Waals surface area contributed by atoms with Crippen LogP contribution in [0.25, 0.3) is 11.1 Å². The van der Waals surface area contributed by atoms with Gasteiger partial charge in [0.25, 0.3) is 0 Å². The van der Waals surface area contributed by atoms with E-state index in [4.69, 9.17) is 14.2 Å². The fourth-order valence-electron chi connectivity index (χ4n) is 4.27. The minimum Gasteiger partial charge on any atom is -0.508 e. The molecule has 15 heteroatoms. The van der Waals surface area contributed by atoms with E-state index in [9.17, 15) is 61.3 Å². The van der Waals surface area contributed by atoms with Crippen LogP contribution in [0.1, 0.15) is 0 Å². The summed E-state index contributed by atoms with van der Waals surface area (Å²) >= 11 is 0. The van der Waals surface area contributed by atoms with E-state index in [1.54, 1.807) is 0 Å². The monoisotopic (exact) mass is 622 g/mol. The summed E-state index contributed by atoms with van der Waals surface area (Å²) in [6, 6.07) is 9.10. The van der Waals surface area contributed by atoms with E-state index in [2.05, 4.69) is 0 Å². The van der Waals surface area contributed by atoms with Gasteiger partial charge in [-0.2, -0.15) is 0 Å². The van der Waals surface area contributed by atoms with Crippen LogP contribution in [-0.2, 0) is 0 Å². The number of phenols is 12. The van der Waals surface area contributed by atoms with Crippen molar-refractivity contribution in [3.8, 4) is 115 Å². The highest BCUT2D eigenvalue weighted by Crippen LogP contribution is 2.52. The predicted molar refractivity (Wildman–Crippen MR) is 151 cm³/mol. The van der Waals surface area contributed by atoms with Crippen molar-refractivity contribution >= 4 is 0 Å². The van der Waals surface area contributed by atoms with E-state index < -0.39 is 97.4 Å². The maximum Gasteiger partial charge on any atom is 0.210 e. The zero-order valence-corrected chi connectivity index (χ0v) is 22.4. The summed E-state index contributed by atoms with van der Waals surface area (Å²) < 4.78 is 16.1. The van der Waals surface area contributed by atoms with Crippen molar-refractivity contribution in [2.75, 3.05) is 0 Å². The molecule has 0 aliphatic carbocycles. The molecule has 0 saturated carbocycles. The second kappa shape index (κ2) is 11.1. The molecule has 5 aromatic carbocycles. The first kappa shape index (κ1) is 29.6. The van der Waals surface area contributed by atoms with Gasteiger partial charge in [-0.15, -0.1) is 0 Å². The molecule has 0 aromatic heterocycles.